The number of amides is 1. The first-order valence-electron chi connectivity index (χ1n) is 5.21. The lowest BCUT2D eigenvalue weighted by Gasteiger charge is -2.11. The van der Waals surface area contributed by atoms with Crippen LogP contribution in [0.15, 0.2) is 22.7 Å². The highest BCUT2D eigenvalue weighted by atomic mass is 79.9. The smallest absolute Gasteiger partial charge is 0.265 e. The number of carbonyl (C=O) groups is 1. The summed E-state index contributed by atoms with van der Waals surface area (Å²) in [5, 5.41) is 10.8. The van der Waals surface area contributed by atoms with Gasteiger partial charge in [-0.1, -0.05) is 15.9 Å². The molecule has 19 heavy (non-hydrogen) atoms. The van der Waals surface area contributed by atoms with Crippen LogP contribution in [0.4, 0.5) is 13.2 Å². The van der Waals surface area contributed by atoms with Crippen molar-refractivity contribution in [2.24, 2.45) is 0 Å². The van der Waals surface area contributed by atoms with Crippen molar-refractivity contribution >= 4 is 21.8 Å². The maximum absolute atomic E-state index is 13.3. The Bertz CT molecular complexity index is 445. The molecule has 0 bridgehead atoms. The van der Waals surface area contributed by atoms with Crippen LogP contribution < -0.4 is 10.1 Å². The number of rotatable bonds is 6. The van der Waals surface area contributed by atoms with Gasteiger partial charge in [-0.05, 0) is 18.2 Å². The summed E-state index contributed by atoms with van der Waals surface area (Å²) in [7, 11) is 0. The van der Waals surface area contributed by atoms with E-state index in [4.69, 9.17) is 9.84 Å². The molecule has 0 fully saturated rings. The fourth-order valence-electron chi connectivity index (χ4n) is 1.09. The summed E-state index contributed by atoms with van der Waals surface area (Å²) in [6.07, 6.45) is -4.88. The minimum Gasteiger partial charge on any atom is -0.481 e. The second kappa shape index (κ2) is 7.34. The lowest BCUT2D eigenvalue weighted by molar-refractivity contribution is -0.124. The fourth-order valence-corrected chi connectivity index (χ4v) is 1.43. The van der Waals surface area contributed by atoms with Gasteiger partial charge in [0, 0.05) is 11.0 Å². The van der Waals surface area contributed by atoms with Crippen molar-refractivity contribution in [3.8, 4) is 5.75 Å². The van der Waals surface area contributed by atoms with E-state index in [1.54, 1.807) is 0 Å². The first-order chi connectivity index (χ1) is 8.90. The number of aliphatic hydroxyl groups is 1. The van der Waals surface area contributed by atoms with Gasteiger partial charge in [0.2, 0.25) is 0 Å². The molecule has 0 aliphatic rings. The molecular weight excluding hydrogens is 331 g/mol. The van der Waals surface area contributed by atoms with E-state index in [9.17, 15) is 18.0 Å². The van der Waals surface area contributed by atoms with Crippen molar-refractivity contribution in [1.82, 2.24) is 5.32 Å². The van der Waals surface area contributed by atoms with Crippen molar-refractivity contribution in [2.45, 2.75) is 12.5 Å². The summed E-state index contributed by atoms with van der Waals surface area (Å²) < 4.78 is 42.5. The van der Waals surface area contributed by atoms with E-state index in [1.807, 2.05) is 5.32 Å². The summed E-state index contributed by atoms with van der Waals surface area (Å²) in [4.78, 5) is 11.2. The Morgan fingerprint density at radius 1 is 1.47 bits per heavy atom. The minimum atomic E-state index is -2.94. The van der Waals surface area contributed by atoms with Crippen molar-refractivity contribution in [3.63, 3.8) is 0 Å². The molecule has 1 rings (SSSR count). The molecule has 8 heteroatoms. The number of halogens is 4. The van der Waals surface area contributed by atoms with Crippen LogP contribution in [0, 0.1) is 5.82 Å². The molecule has 1 aromatic rings. The summed E-state index contributed by atoms with van der Waals surface area (Å²) in [5.74, 6) is -1.52. The van der Waals surface area contributed by atoms with Gasteiger partial charge in [0.25, 0.3) is 12.3 Å². The van der Waals surface area contributed by atoms with Gasteiger partial charge in [0.05, 0.1) is 0 Å². The minimum absolute atomic E-state index is 0.132. The molecule has 106 valence electrons. The van der Waals surface area contributed by atoms with Crippen LogP contribution in [-0.4, -0.2) is 36.7 Å². The molecule has 1 amide bonds. The van der Waals surface area contributed by atoms with Crippen LogP contribution in [0.2, 0.25) is 0 Å². The van der Waals surface area contributed by atoms with E-state index in [-0.39, 0.29) is 5.75 Å². The lowest BCUT2D eigenvalue weighted by Crippen LogP contribution is -2.38. The van der Waals surface area contributed by atoms with Crippen LogP contribution in [0.5, 0.6) is 5.75 Å². The second-order valence-electron chi connectivity index (χ2n) is 3.57. The molecule has 1 atom stereocenters. The van der Waals surface area contributed by atoms with Crippen molar-refractivity contribution in [1.29, 1.82) is 0 Å². The summed E-state index contributed by atoms with van der Waals surface area (Å²) >= 11 is 3.06. The zero-order valence-corrected chi connectivity index (χ0v) is 11.2. The van der Waals surface area contributed by atoms with E-state index in [0.29, 0.717) is 4.47 Å². The highest BCUT2D eigenvalue weighted by Crippen LogP contribution is 2.21. The molecule has 0 spiro atoms. The van der Waals surface area contributed by atoms with Gasteiger partial charge >= 0.3 is 0 Å². The quantitative estimate of drug-likeness (QED) is 0.828. The third-order valence-electron chi connectivity index (χ3n) is 2.05. The maximum atomic E-state index is 13.3. The van der Waals surface area contributed by atoms with Gasteiger partial charge in [0.1, 0.15) is 6.10 Å². The molecule has 0 radical (unpaired) electrons. The predicted molar refractivity (Wildman–Crippen MR) is 64.6 cm³/mol. The van der Waals surface area contributed by atoms with E-state index >= 15 is 0 Å². The first kappa shape index (κ1) is 15.8. The van der Waals surface area contributed by atoms with E-state index in [2.05, 4.69) is 15.9 Å². The van der Waals surface area contributed by atoms with Crippen molar-refractivity contribution < 1.29 is 27.8 Å². The lowest BCUT2D eigenvalue weighted by atomic mass is 10.3. The highest BCUT2D eigenvalue weighted by Gasteiger charge is 2.17. The second-order valence-corrected chi connectivity index (χ2v) is 4.48. The molecule has 0 aliphatic heterocycles. The van der Waals surface area contributed by atoms with Gasteiger partial charge in [-0.2, -0.15) is 0 Å². The monoisotopic (exact) mass is 341 g/mol. The van der Waals surface area contributed by atoms with Gasteiger partial charge in [-0.3, -0.25) is 4.79 Å². The highest BCUT2D eigenvalue weighted by molar-refractivity contribution is 9.10. The number of hydrogen-bond acceptors (Lipinski definition) is 3. The predicted octanol–water partition coefficient (Wildman–Crippen LogP) is 1.71. The molecule has 0 aromatic heterocycles. The summed E-state index contributed by atoms with van der Waals surface area (Å²) in [5.41, 5.74) is 0. The number of ether oxygens (including phenoxy) is 1. The maximum Gasteiger partial charge on any atom is 0.265 e. The first-order valence-corrected chi connectivity index (χ1v) is 6.00. The topological polar surface area (TPSA) is 58.6 Å². The Hall–Kier alpha value is -1.28. The molecule has 2 N–H and O–H groups in total. The zero-order valence-electron chi connectivity index (χ0n) is 9.58. The van der Waals surface area contributed by atoms with Crippen LogP contribution in [0.3, 0.4) is 0 Å². The van der Waals surface area contributed by atoms with Crippen LogP contribution in [0.25, 0.3) is 0 Å². The van der Waals surface area contributed by atoms with E-state index in [0.717, 1.165) is 6.07 Å². The van der Waals surface area contributed by atoms with Gasteiger partial charge in [0.15, 0.2) is 18.2 Å². The van der Waals surface area contributed by atoms with Crippen molar-refractivity contribution in [3.05, 3.63) is 28.5 Å². The third-order valence-corrected chi connectivity index (χ3v) is 2.55. The summed E-state index contributed by atoms with van der Waals surface area (Å²) in [6, 6.07) is 4.01. The van der Waals surface area contributed by atoms with Crippen molar-refractivity contribution in [2.75, 3.05) is 13.2 Å². The molecule has 4 nitrogen and oxygen atoms in total. The van der Waals surface area contributed by atoms with Gasteiger partial charge < -0.3 is 15.2 Å². The van der Waals surface area contributed by atoms with E-state index < -0.39 is 37.4 Å². The number of carbonyl (C=O) groups excluding carboxylic acids is 1. The Balaban J connectivity index is 2.38. The Morgan fingerprint density at radius 3 is 2.74 bits per heavy atom. The van der Waals surface area contributed by atoms with Crippen LogP contribution >= 0.6 is 15.9 Å². The molecular formula is C11H11BrF3NO3. The molecule has 0 aliphatic carbocycles. The zero-order chi connectivity index (χ0) is 14.4. The molecule has 0 saturated carbocycles. The van der Waals surface area contributed by atoms with Crippen LogP contribution in [0.1, 0.15) is 0 Å². The molecule has 1 unspecified atom stereocenters. The van der Waals surface area contributed by atoms with Gasteiger partial charge in [-0.25, -0.2) is 13.2 Å². The van der Waals surface area contributed by atoms with Crippen LogP contribution in [-0.2, 0) is 4.79 Å². The number of benzene rings is 1. The average molecular weight is 342 g/mol. The Morgan fingerprint density at radius 2 is 2.16 bits per heavy atom. The Kier molecular flexibility index (Phi) is 6.10. The SMILES string of the molecule is O=C(COc1ccc(Br)cc1F)NCC(O)C(F)F. The number of nitrogens with one attached hydrogen (secondary N) is 1. The molecule has 0 saturated heterocycles. The van der Waals surface area contributed by atoms with Gasteiger partial charge in [-0.15, -0.1) is 0 Å². The standard InChI is InChI=1S/C11H11BrF3NO3/c12-6-1-2-9(7(13)3-6)19-5-10(18)16-4-8(17)11(14)15/h1-3,8,11,17H,4-5H2,(H,16,18). The Labute approximate surface area is 115 Å². The number of aliphatic hydroxyl groups excluding tert-OH is 1. The third kappa shape index (κ3) is 5.48. The average Bonchev–Trinajstić information content (AvgIpc) is 2.34. The fraction of sp³-hybridized carbons (Fsp3) is 0.364. The van der Waals surface area contributed by atoms with E-state index in [1.165, 1.54) is 12.1 Å². The number of hydrogen-bond donors (Lipinski definition) is 2. The normalized spacial score (nSPS) is 12.3. The molecule has 1 aromatic carbocycles. The summed E-state index contributed by atoms with van der Waals surface area (Å²) in [6.45, 7) is -1.13. The number of alkyl halides is 2. The largest absolute Gasteiger partial charge is 0.481 e. The molecule has 0 heterocycles.